The number of aromatic nitrogens is 1. The van der Waals surface area contributed by atoms with Crippen LogP contribution in [0.2, 0.25) is 0 Å². The van der Waals surface area contributed by atoms with Gasteiger partial charge in [0.05, 0.1) is 0 Å². The summed E-state index contributed by atoms with van der Waals surface area (Å²) >= 11 is 0. The molecule has 2 N–H and O–H groups in total. The van der Waals surface area contributed by atoms with Gasteiger partial charge in [0.1, 0.15) is 5.56 Å². The Kier molecular flexibility index (Phi) is 4.03. The molecule has 17 heavy (non-hydrogen) atoms. The van der Waals surface area contributed by atoms with E-state index in [9.17, 15) is 14.4 Å². The molecule has 0 aliphatic rings. The molecule has 0 bridgehead atoms. The molecular formula is C11H14N2O4. The van der Waals surface area contributed by atoms with Crippen LogP contribution in [0.4, 0.5) is 0 Å². The van der Waals surface area contributed by atoms with Gasteiger partial charge in [0.15, 0.2) is 0 Å². The van der Waals surface area contributed by atoms with Crippen LogP contribution in [-0.2, 0) is 11.3 Å². The molecule has 0 saturated carbocycles. The van der Waals surface area contributed by atoms with Crippen molar-refractivity contribution in [3.8, 4) is 0 Å². The molecule has 0 radical (unpaired) electrons. The fraction of sp³-hybridized carbons (Fsp3) is 0.364. The Bertz CT molecular complexity index is 505. The zero-order valence-electron chi connectivity index (χ0n) is 9.69. The molecule has 6 nitrogen and oxygen atoms in total. The largest absolute Gasteiger partial charge is 0.477 e. The first-order chi connectivity index (χ1) is 7.97. The number of rotatable bonds is 4. The van der Waals surface area contributed by atoms with Crippen molar-refractivity contribution in [3.05, 3.63) is 33.7 Å². The van der Waals surface area contributed by atoms with Gasteiger partial charge in [-0.25, -0.2) is 4.79 Å². The van der Waals surface area contributed by atoms with Crippen molar-refractivity contribution < 1.29 is 14.7 Å². The number of aryl methyl sites for hydroxylation is 1. The maximum atomic E-state index is 11.8. The number of nitrogens with one attached hydrogen (secondary N) is 1. The zero-order valence-corrected chi connectivity index (χ0v) is 9.69. The Morgan fingerprint density at radius 1 is 1.41 bits per heavy atom. The van der Waals surface area contributed by atoms with Crippen molar-refractivity contribution in [2.24, 2.45) is 0 Å². The molecule has 0 aliphatic carbocycles. The molecule has 1 rings (SSSR count). The highest BCUT2D eigenvalue weighted by atomic mass is 16.4. The van der Waals surface area contributed by atoms with Gasteiger partial charge in [0, 0.05) is 25.7 Å². The van der Waals surface area contributed by atoms with Crippen molar-refractivity contribution in [2.45, 2.75) is 19.9 Å². The number of carboxylic acid groups (broad SMARTS) is 1. The average Bonchev–Trinajstić information content (AvgIpc) is 2.27. The van der Waals surface area contributed by atoms with Crippen LogP contribution in [0.5, 0.6) is 0 Å². The molecule has 0 saturated heterocycles. The highest BCUT2D eigenvalue weighted by molar-refractivity contribution is 5.87. The van der Waals surface area contributed by atoms with Gasteiger partial charge in [-0.15, -0.1) is 0 Å². The molecule has 1 heterocycles. The van der Waals surface area contributed by atoms with Crippen molar-refractivity contribution in [1.29, 1.82) is 0 Å². The van der Waals surface area contributed by atoms with Gasteiger partial charge in [0.2, 0.25) is 5.91 Å². The third-order valence-electron chi connectivity index (χ3n) is 2.46. The van der Waals surface area contributed by atoms with Gasteiger partial charge < -0.3 is 15.0 Å². The van der Waals surface area contributed by atoms with Crippen LogP contribution in [0.1, 0.15) is 22.5 Å². The predicted octanol–water partition coefficient (Wildman–Crippen LogP) is -0.00898. The summed E-state index contributed by atoms with van der Waals surface area (Å²) in [6.45, 7) is 1.86. The van der Waals surface area contributed by atoms with Gasteiger partial charge in [0.25, 0.3) is 5.56 Å². The smallest absolute Gasteiger partial charge is 0.341 e. The summed E-state index contributed by atoms with van der Waals surface area (Å²) in [6, 6.07) is 2.82. The van der Waals surface area contributed by atoms with Crippen LogP contribution in [0.3, 0.4) is 0 Å². The SMILES string of the molecule is CNC(=O)CCn1c(C)ccc(C(=O)O)c1=O. The van der Waals surface area contributed by atoms with Crippen LogP contribution >= 0.6 is 0 Å². The minimum atomic E-state index is -1.26. The molecule has 0 atom stereocenters. The van der Waals surface area contributed by atoms with Crippen LogP contribution in [0.25, 0.3) is 0 Å². The third kappa shape index (κ3) is 2.93. The number of carbonyl (C=O) groups is 2. The van der Waals surface area contributed by atoms with Crippen molar-refractivity contribution in [2.75, 3.05) is 7.05 Å². The van der Waals surface area contributed by atoms with Gasteiger partial charge in [-0.1, -0.05) is 0 Å². The van der Waals surface area contributed by atoms with E-state index in [0.29, 0.717) is 5.69 Å². The van der Waals surface area contributed by atoms with E-state index in [1.165, 1.54) is 17.7 Å². The van der Waals surface area contributed by atoms with Crippen molar-refractivity contribution >= 4 is 11.9 Å². The van der Waals surface area contributed by atoms with Crippen LogP contribution < -0.4 is 10.9 Å². The number of carbonyl (C=O) groups excluding carboxylic acids is 1. The molecule has 6 heteroatoms. The Labute approximate surface area is 97.9 Å². The summed E-state index contributed by atoms with van der Waals surface area (Å²) in [5.74, 6) is -1.46. The molecule has 0 fully saturated rings. The van der Waals surface area contributed by atoms with Crippen LogP contribution in [-0.4, -0.2) is 28.6 Å². The van der Waals surface area contributed by atoms with E-state index >= 15 is 0 Å². The molecule has 0 aromatic carbocycles. The maximum absolute atomic E-state index is 11.8. The van der Waals surface area contributed by atoms with Crippen molar-refractivity contribution in [3.63, 3.8) is 0 Å². The van der Waals surface area contributed by atoms with Crippen LogP contribution in [0, 0.1) is 6.92 Å². The minimum absolute atomic E-state index is 0.139. The fourth-order valence-corrected chi connectivity index (χ4v) is 1.45. The van der Waals surface area contributed by atoms with Crippen LogP contribution in [0.15, 0.2) is 16.9 Å². The minimum Gasteiger partial charge on any atom is -0.477 e. The molecule has 0 aliphatic heterocycles. The first-order valence-electron chi connectivity index (χ1n) is 5.11. The normalized spacial score (nSPS) is 10.0. The molecule has 1 aromatic rings. The number of nitrogens with zero attached hydrogens (tertiary/aromatic N) is 1. The molecule has 0 unspecified atom stereocenters. The van der Waals surface area contributed by atoms with Gasteiger partial charge in [-0.2, -0.15) is 0 Å². The van der Waals surface area contributed by atoms with Crippen molar-refractivity contribution in [1.82, 2.24) is 9.88 Å². The van der Waals surface area contributed by atoms with E-state index in [2.05, 4.69) is 5.32 Å². The molecule has 1 amide bonds. The number of hydrogen-bond acceptors (Lipinski definition) is 3. The quantitative estimate of drug-likeness (QED) is 0.772. The fourth-order valence-electron chi connectivity index (χ4n) is 1.45. The summed E-state index contributed by atoms with van der Waals surface area (Å²) in [7, 11) is 1.51. The lowest BCUT2D eigenvalue weighted by Gasteiger charge is -2.09. The molecule has 92 valence electrons. The Hall–Kier alpha value is -2.11. The second kappa shape index (κ2) is 5.29. The molecule has 0 spiro atoms. The number of pyridine rings is 1. The topological polar surface area (TPSA) is 88.4 Å². The standard InChI is InChI=1S/C11H14N2O4/c1-7-3-4-8(11(16)17)10(15)13(7)6-5-9(14)12-2/h3-4H,5-6H2,1-2H3,(H,12,14)(H,16,17). The average molecular weight is 238 g/mol. The van der Waals surface area contributed by atoms with E-state index in [1.807, 2.05) is 0 Å². The monoisotopic (exact) mass is 238 g/mol. The Morgan fingerprint density at radius 2 is 2.06 bits per heavy atom. The number of carboxylic acids is 1. The summed E-state index contributed by atoms with van der Waals surface area (Å²) in [5.41, 5.74) is -0.238. The van der Waals surface area contributed by atoms with Gasteiger partial charge >= 0.3 is 5.97 Å². The Balaban J connectivity index is 3.06. The third-order valence-corrected chi connectivity index (χ3v) is 2.46. The number of hydrogen-bond donors (Lipinski definition) is 2. The summed E-state index contributed by atoms with van der Waals surface area (Å²) in [6.07, 6.45) is 0.139. The Morgan fingerprint density at radius 3 is 2.59 bits per heavy atom. The first-order valence-corrected chi connectivity index (χ1v) is 5.11. The number of aromatic carboxylic acids is 1. The van der Waals surface area contributed by atoms with Gasteiger partial charge in [-0.05, 0) is 19.1 Å². The van der Waals surface area contributed by atoms with E-state index < -0.39 is 11.5 Å². The van der Waals surface area contributed by atoms with E-state index in [0.717, 1.165) is 0 Å². The summed E-state index contributed by atoms with van der Waals surface area (Å²) in [5, 5.41) is 11.3. The second-order valence-electron chi connectivity index (χ2n) is 3.57. The second-order valence-corrected chi connectivity index (χ2v) is 3.57. The van der Waals surface area contributed by atoms with E-state index in [4.69, 9.17) is 5.11 Å². The summed E-state index contributed by atoms with van der Waals surface area (Å²) < 4.78 is 1.29. The number of amides is 1. The first kappa shape index (κ1) is 13.0. The van der Waals surface area contributed by atoms with E-state index in [-0.39, 0.29) is 24.4 Å². The van der Waals surface area contributed by atoms with E-state index in [1.54, 1.807) is 13.0 Å². The molecule has 1 aromatic heterocycles. The maximum Gasteiger partial charge on any atom is 0.341 e. The zero-order chi connectivity index (χ0) is 13.0. The lowest BCUT2D eigenvalue weighted by atomic mass is 10.2. The molecular weight excluding hydrogens is 224 g/mol. The highest BCUT2D eigenvalue weighted by Crippen LogP contribution is 2.00. The lowest BCUT2D eigenvalue weighted by Crippen LogP contribution is -2.30. The summed E-state index contributed by atoms with van der Waals surface area (Å²) in [4.78, 5) is 33.7. The lowest BCUT2D eigenvalue weighted by molar-refractivity contribution is -0.120. The highest BCUT2D eigenvalue weighted by Gasteiger charge is 2.12. The predicted molar refractivity (Wildman–Crippen MR) is 61.1 cm³/mol. The van der Waals surface area contributed by atoms with Gasteiger partial charge in [-0.3, -0.25) is 9.59 Å².